The third-order valence-corrected chi connectivity index (χ3v) is 5.38. The van der Waals surface area contributed by atoms with E-state index in [-0.39, 0.29) is 10.8 Å². The van der Waals surface area contributed by atoms with Crippen LogP contribution < -0.4 is 0 Å². The summed E-state index contributed by atoms with van der Waals surface area (Å²) < 4.78 is -0.479. The molecule has 0 saturated heterocycles. The average Bonchev–Trinajstić information content (AvgIpc) is 2.53. The molecule has 0 radical (unpaired) electrons. The second-order valence-corrected chi connectivity index (χ2v) is 9.33. The normalized spacial score (nSPS) is 13.0. The van der Waals surface area contributed by atoms with Gasteiger partial charge in [0, 0.05) is 0 Å². The topological polar surface area (TPSA) is 0 Å². The molecule has 0 saturated carbocycles. The molecule has 0 nitrogen and oxygen atoms in total. The number of benzene rings is 2. The maximum Gasteiger partial charge on any atom is 0.0805 e. The highest BCUT2D eigenvalue weighted by atomic mass is 32.1. The highest BCUT2D eigenvalue weighted by molar-refractivity contribution is 7.81. The molecule has 0 aliphatic carbocycles. The summed E-state index contributed by atoms with van der Waals surface area (Å²) >= 11 is 4.99. The maximum atomic E-state index is 4.99. The van der Waals surface area contributed by atoms with E-state index in [9.17, 15) is 0 Å². The molecular weight excluding hydrogens is 308 g/mol. The fourth-order valence-electron chi connectivity index (χ4n) is 2.85. The summed E-state index contributed by atoms with van der Waals surface area (Å²) in [7, 11) is 0. The summed E-state index contributed by atoms with van der Waals surface area (Å²) in [5.74, 6) is 0. The molecule has 0 N–H and O–H groups in total. The minimum Gasteiger partial charge on any atom is -0.159 e. The summed E-state index contributed by atoms with van der Waals surface area (Å²) in [6.45, 7) is 17.4. The average molecular weight is 339 g/mol. The molecule has 0 atom stereocenters. The van der Waals surface area contributed by atoms with E-state index in [4.69, 9.17) is 12.6 Å². The Labute approximate surface area is 153 Å². The zero-order valence-electron chi connectivity index (χ0n) is 15.9. The van der Waals surface area contributed by atoms with Gasteiger partial charge in [0.25, 0.3) is 0 Å². The second-order valence-electron chi connectivity index (χ2n) is 8.63. The molecular formula is C23H30S. The van der Waals surface area contributed by atoms with Crippen LogP contribution in [0.4, 0.5) is 0 Å². The van der Waals surface area contributed by atoms with Gasteiger partial charge in [-0.1, -0.05) is 96.1 Å². The van der Waals surface area contributed by atoms with Gasteiger partial charge in [-0.05, 0) is 33.1 Å². The molecule has 128 valence electrons. The van der Waals surface area contributed by atoms with Crippen molar-refractivity contribution >= 4 is 12.6 Å². The standard InChI is InChI=1S/C23H30S/c1-8-23(24,19-13-9-17(10-14-19)21(2,3)4)20-15-11-18(12-16-20)22(5,6)7/h8-16,24H,1H2,2-7H3. The van der Waals surface area contributed by atoms with Crippen LogP contribution in [-0.2, 0) is 15.6 Å². The molecule has 0 aliphatic rings. The molecule has 0 amide bonds. The van der Waals surface area contributed by atoms with Gasteiger partial charge in [0.2, 0.25) is 0 Å². The van der Waals surface area contributed by atoms with Crippen LogP contribution in [0.15, 0.2) is 61.2 Å². The lowest BCUT2D eigenvalue weighted by atomic mass is 9.82. The van der Waals surface area contributed by atoms with Gasteiger partial charge in [0.05, 0.1) is 4.75 Å². The van der Waals surface area contributed by atoms with Gasteiger partial charge in [0.1, 0.15) is 0 Å². The molecule has 0 spiro atoms. The van der Waals surface area contributed by atoms with Crippen molar-refractivity contribution in [2.24, 2.45) is 0 Å². The van der Waals surface area contributed by atoms with Gasteiger partial charge in [-0.15, -0.1) is 6.58 Å². The Kier molecular flexibility index (Phi) is 5.06. The van der Waals surface area contributed by atoms with Crippen molar-refractivity contribution in [3.63, 3.8) is 0 Å². The molecule has 2 aromatic rings. The van der Waals surface area contributed by atoms with Gasteiger partial charge in [-0.25, -0.2) is 0 Å². The van der Waals surface area contributed by atoms with E-state index in [0.29, 0.717) is 0 Å². The van der Waals surface area contributed by atoms with E-state index in [1.54, 1.807) is 0 Å². The highest BCUT2D eigenvalue weighted by Crippen LogP contribution is 2.39. The first-order valence-corrected chi connectivity index (χ1v) is 9.01. The zero-order chi connectivity index (χ0) is 18.2. The van der Waals surface area contributed by atoms with Crippen molar-refractivity contribution in [3.05, 3.63) is 83.4 Å². The van der Waals surface area contributed by atoms with Crippen LogP contribution in [0.1, 0.15) is 63.8 Å². The Morgan fingerprint density at radius 1 is 0.625 bits per heavy atom. The van der Waals surface area contributed by atoms with Crippen LogP contribution in [0.5, 0.6) is 0 Å². The monoisotopic (exact) mass is 338 g/mol. The smallest absolute Gasteiger partial charge is 0.0805 e. The predicted molar refractivity (Wildman–Crippen MR) is 110 cm³/mol. The first kappa shape index (κ1) is 18.9. The van der Waals surface area contributed by atoms with Crippen molar-refractivity contribution < 1.29 is 0 Å². The maximum absolute atomic E-state index is 4.99. The molecule has 1 heteroatoms. The van der Waals surface area contributed by atoms with Gasteiger partial charge in [-0.3, -0.25) is 0 Å². The third kappa shape index (κ3) is 3.78. The lowest BCUT2D eigenvalue weighted by molar-refractivity contribution is 0.589. The Bertz CT molecular complexity index is 634. The number of rotatable bonds is 3. The second kappa shape index (κ2) is 6.44. The van der Waals surface area contributed by atoms with E-state index < -0.39 is 4.75 Å². The van der Waals surface area contributed by atoms with Crippen molar-refractivity contribution in [3.8, 4) is 0 Å². The summed E-state index contributed by atoms with van der Waals surface area (Å²) in [5.41, 5.74) is 5.26. The van der Waals surface area contributed by atoms with E-state index in [1.165, 1.54) is 11.1 Å². The molecule has 0 heterocycles. The fourth-order valence-corrected chi connectivity index (χ4v) is 3.15. The lowest BCUT2D eigenvalue weighted by Crippen LogP contribution is -2.19. The van der Waals surface area contributed by atoms with Crippen LogP contribution in [-0.4, -0.2) is 0 Å². The van der Waals surface area contributed by atoms with E-state index in [2.05, 4.69) is 96.7 Å². The van der Waals surface area contributed by atoms with Crippen LogP contribution in [0, 0.1) is 0 Å². The highest BCUT2D eigenvalue weighted by Gasteiger charge is 2.27. The Balaban J connectivity index is 2.43. The molecule has 2 aromatic carbocycles. The van der Waals surface area contributed by atoms with Gasteiger partial charge in [0.15, 0.2) is 0 Å². The Morgan fingerprint density at radius 2 is 0.875 bits per heavy atom. The SMILES string of the molecule is C=CC(S)(c1ccc(C(C)(C)C)cc1)c1ccc(C(C)(C)C)cc1. The van der Waals surface area contributed by atoms with E-state index in [1.807, 2.05) is 6.08 Å². The van der Waals surface area contributed by atoms with Crippen molar-refractivity contribution in [2.45, 2.75) is 57.1 Å². The van der Waals surface area contributed by atoms with Crippen LogP contribution in [0.25, 0.3) is 0 Å². The van der Waals surface area contributed by atoms with Crippen molar-refractivity contribution in [1.82, 2.24) is 0 Å². The molecule has 0 bridgehead atoms. The summed E-state index contributed by atoms with van der Waals surface area (Å²) in [5, 5.41) is 0. The zero-order valence-corrected chi connectivity index (χ0v) is 16.7. The number of hydrogen-bond acceptors (Lipinski definition) is 1. The molecule has 0 unspecified atom stereocenters. The van der Waals surface area contributed by atoms with Crippen LogP contribution in [0.2, 0.25) is 0 Å². The van der Waals surface area contributed by atoms with Gasteiger partial charge < -0.3 is 0 Å². The molecule has 2 rings (SSSR count). The number of thiol groups is 1. The Hall–Kier alpha value is -1.47. The minimum absolute atomic E-state index is 0.153. The summed E-state index contributed by atoms with van der Waals surface area (Å²) in [4.78, 5) is 0. The summed E-state index contributed by atoms with van der Waals surface area (Å²) in [6.07, 6.45) is 1.92. The number of hydrogen-bond donors (Lipinski definition) is 1. The van der Waals surface area contributed by atoms with Crippen LogP contribution in [0.3, 0.4) is 0 Å². The minimum atomic E-state index is -0.479. The van der Waals surface area contributed by atoms with Gasteiger partial charge >= 0.3 is 0 Å². The molecule has 0 fully saturated rings. The molecule has 0 aliphatic heterocycles. The first-order chi connectivity index (χ1) is 11.0. The van der Waals surface area contributed by atoms with Crippen LogP contribution >= 0.6 is 12.6 Å². The largest absolute Gasteiger partial charge is 0.159 e. The summed E-state index contributed by atoms with van der Waals surface area (Å²) in [6, 6.07) is 17.5. The fraction of sp³-hybridized carbons (Fsp3) is 0.391. The van der Waals surface area contributed by atoms with E-state index in [0.717, 1.165) is 11.1 Å². The predicted octanol–water partition coefficient (Wildman–Crippen LogP) is 6.64. The van der Waals surface area contributed by atoms with Crippen molar-refractivity contribution in [1.29, 1.82) is 0 Å². The molecule has 24 heavy (non-hydrogen) atoms. The van der Waals surface area contributed by atoms with Gasteiger partial charge in [-0.2, -0.15) is 12.6 Å². The quantitative estimate of drug-likeness (QED) is 0.470. The third-order valence-electron chi connectivity index (χ3n) is 4.68. The Morgan fingerprint density at radius 3 is 1.08 bits per heavy atom. The van der Waals surface area contributed by atoms with Crippen molar-refractivity contribution in [2.75, 3.05) is 0 Å². The van der Waals surface area contributed by atoms with E-state index >= 15 is 0 Å². The molecule has 0 aromatic heterocycles. The first-order valence-electron chi connectivity index (χ1n) is 8.56. The lowest BCUT2D eigenvalue weighted by Gasteiger charge is -2.28.